The minimum Gasteiger partial charge on any atom is -0.347 e. The quantitative estimate of drug-likeness (QED) is 0.738. The largest absolute Gasteiger partial charge is 0.347 e. The lowest BCUT2D eigenvalue weighted by Crippen LogP contribution is -2.40. The van der Waals surface area contributed by atoms with Crippen LogP contribution < -0.4 is 10.9 Å². The second-order valence-electron chi connectivity index (χ2n) is 6.68. The molecule has 0 bridgehead atoms. The summed E-state index contributed by atoms with van der Waals surface area (Å²) in [5.41, 5.74) is 1.11. The first-order chi connectivity index (χ1) is 11.8. The molecule has 1 amide bonds. The monoisotopic (exact) mass is 373 g/mol. The van der Waals surface area contributed by atoms with Crippen LogP contribution in [0.2, 0.25) is 0 Å². The minimum absolute atomic E-state index is 0. The van der Waals surface area contributed by atoms with Crippen LogP contribution in [-0.2, 0) is 0 Å². The first-order valence-electron chi connectivity index (χ1n) is 7.85. The summed E-state index contributed by atoms with van der Waals surface area (Å²) in [4.78, 5) is 32.9. The molecule has 2 N–H and O–H groups in total. The van der Waals surface area contributed by atoms with E-state index in [-0.39, 0.29) is 29.4 Å². The van der Waals surface area contributed by atoms with Gasteiger partial charge in [0.2, 0.25) is 0 Å². The lowest BCUT2D eigenvalue weighted by molar-refractivity contribution is 0.0919. The highest BCUT2D eigenvalue weighted by atomic mass is 35.5. The summed E-state index contributed by atoms with van der Waals surface area (Å²) in [5, 5.41) is 5.76. The summed E-state index contributed by atoms with van der Waals surface area (Å²) in [6.45, 7) is 5.72. The number of nitrogens with zero attached hydrogens (tertiary/aromatic N) is 3. The number of halogens is 1. The van der Waals surface area contributed by atoms with Gasteiger partial charge in [-0.25, -0.2) is 9.67 Å². The molecule has 0 saturated carbocycles. The summed E-state index contributed by atoms with van der Waals surface area (Å²) in [7, 11) is 0. The third-order valence-corrected chi connectivity index (χ3v) is 3.47. The van der Waals surface area contributed by atoms with E-state index in [1.165, 1.54) is 10.9 Å². The Morgan fingerprint density at radius 1 is 1.19 bits per heavy atom. The Kier molecular flexibility index (Phi) is 5.62. The van der Waals surface area contributed by atoms with Gasteiger partial charge in [-0.2, -0.15) is 0 Å². The van der Waals surface area contributed by atoms with Crippen molar-refractivity contribution in [3.05, 3.63) is 65.0 Å². The van der Waals surface area contributed by atoms with Crippen LogP contribution in [-0.4, -0.2) is 31.2 Å². The van der Waals surface area contributed by atoms with Gasteiger partial charge >= 0.3 is 0 Å². The van der Waals surface area contributed by atoms with Gasteiger partial charge in [-0.3, -0.25) is 19.7 Å². The molecule has 7 nitrogen and oxygen atoms in total. The highest BCUT2D eigenvalue weighted by Crippen LogP contribution is 2.13. The van der Waals surface area contributed by atoms with Gasteiger partial charge < -0.3 is 5.32 Å². The third kappa shape index (κ3) is 4.18. The van der Waals surface area contributed by atoms with E-state index in [0.29, 0.717) is 16.9 Å². The fourth-order valence-electron chi connectivity index (χ4n) is 2.33. The molecule has 26 heavy (non-hydrogen) atoms. The summed E-state index contributed by atoms with van der Waals surface area (Å²) < 4.78 is 1.33. The van der Waals surface area contributed by atoms with E-state index >= 15 is 0 Å². The van der Waals surface area contributed by atoms with Crippen molar-refractivity contribution >= 4 is 18.3 Å². The number of aromatic nitrogens is 4. The number of carbonyl (C=O) groups excluding carboxylic acids is 1. The summed E-state index contributed by atoms with van der Waals surface area (Å²) in [5.74, 6) is 0.203. The number of rotatable bonds is 3. The second kappa shape index (κ2) is 7.53. The number of nitrogens with one attached hydrogen (secondary N) is 2. The predicted molar refractivity (Wildman–Crippen MR) is 102 cm³/mol. The van der Waals surface area contributed by atoms with Crippen LogP contribution >= 0.6 is 12.4 Å². The van der Waals surface area contributed by atoms with Crippen molar-refractivity contribution < 1.29 is 4.79 Å². The van der Waals surface area contributed by atoms with Crippen molar-refractivity contribution in [2.75, 3.05) is 0 Å². The molecule has 0 fully saturated rings. The maximum absolute atomic E-state index is 12.6. The van der Waals surface area contributed by atoms with Crippen molar-refractivity contribution in [1.82, 2.24) is 25.1 Å². The standard InChI is InChI=1S/C18H19N5O2.ClH/c1-18(2,3)22-16(24)13-6-7-15(20-10-13)23-17(25)14(11-21-23)12-5-4-8-19-9-12;/h4-11,21H,1-3H3,(H,22,24);1H. The summed E-state index contributed by atoms with van der Waals surface area (Å²) in [6.07, 6.45) is 6.34. The molecule has 8 heteroatoms. The van der Waals surface area contributed by atoms with Crippen LogP contribution in [0.15, 0.2) is 53.8 Å². The van der Waals surface area contributed by atoms with Gasteiger partial charge in [0.05, 0.1) is 11.1 Å². The molecule has 3 rings (SSSR count). The topological polar surface area (TPSA) is 92.7 Å². The molecule has 3 aromatic heterocycles. The zero-order valence-electron chi connectivity index (χ0n) is 14.7. The Hall–Kier alpha value is -2.93. The van der Waals surface area contributed by atoms with Gasteiger partial charge in [0, 0.05) is 35.9 Å². The van der Waals surface area contributed by atoms with Crippen molar-refractivity contribution in [1.29, 1.82) is 0 Å². The molecule has 0 atom stereocenters. The van der Waals surface area contributed by atoms with Gasteiger partial charge in [0.1, 0.15) is 0 Å². The molecule has 0 aliphatic carbocycles. The Morgan fingerprint density at radius 3 is 2.54 bits per heavy atom. The number of hydrogen-bond donors (Lipinski definition) is 2. The Labute approximate surface area is 156 Å². The highest BCUT2D eigenvalue weighted by Gasteiger charge is 2.16. The van der Waals surface area contributed by atoms with E-state index in [4.69, 9.17) is 0 Å². The molecule has 0 spiro atoms. The SMILES string of the molecule is CC(C)(C)NC(=O)c1ccc(-n2[nH]cc(-c3cccnc3)c2=O)nc1.Cl. The fourth-order valence-corrected chi connectivity index (χ4v) is 2.33. The predicted octanol–water partition coefficient (Wildman–Crippen LogP) is 2.57. The molecule has 0 aliphatic rings. The van der Waals surface area contributed by atoms with Gasteiger partial charge in [-0.1, -0.05) is 6.07 Å². The summed E-state index contributed by atoms with van der Waals surface area (Å²) in [6, 6.07) is 6.85. The number of amides is 1. The molecule has 136 valence electrons. The normalized spacial score (nSPS) is 10.9. The van der Waals surface area contributed by atoms with Gasteiger partial charge in [-0.05, 0) is 39.0 Å². The molecule has 0 unspecified atom stereocenters. The van der Waals surface area contributed by atoms with E-state index in [2.05, 4.69) is 20.4 Å². The molecular formula is C18H20ClN5O2. The van der Waals surface area contributed by atoms with Crippen LogP contribution in [0, 0.1) is 0 Å². The molecule has 3 heterocycles. The molecule has 0 saturated heterocycles. The van der Waals surface area contributed by atoms with Gasteiger partial charge in [0.25, 0.3) is 11.5 Å². The summed E-state index contributed by atoms with van der Waals surface area (Å²) >= 11 is 0. The lowest BCUT2D eigenvalue weighted by Gasteiger charge is -2.20. The smallest absolute Gasteiger partial charge is 0.280 e. The van der Waals surface area contributed by atoms with E-state index in [9.17, 15) is 9.59 Å². The lowest BCUT2D eigenvalue weighted by atomic mass is 10.1. The average Bonchev–Trinajstić information content (AvgIpc) is 2.96. The third-order valence-electron chi connectivity index (χ3n) is 3.47. The Morgan fingerprint density at radius 2 is 1.96 bits per heavy atom. The molecular weight excluding hydrogens is 354 g/mol. The Bertz CT molecular complexity index is 940. The van der Waals surface area contributed by atoms with E-state index in [1.54, 1.807) is 36.8 Å². The van der Waals surface area contributed by atoms with E-state index < -0.39 is 0 Å². The van der Waals surface area contributed by atoms with Gasteiger partial charge in [-0.15, -0.1) is 12.4 Å². The van der Waals surface area contributed by atoms with E-state index in [1.807, 2.05) is 26.8 Å². The van der Waals surface area contributed by atoms with Crippen molar-refractivity contribution in [2.45, 2.75) is 26.3 Å². The van der Waals surface area contributed by atoms with Crippen molar-refractivity contribution in [3.63, 3.8) is 0 Å². The fraction of sp³-hybridized carbons (Fsp3) is 0.222. The van der Waals surface area contributed by atoms with Crippen LogP contribution in [0.1, 0.15) is 31.1 Å². The second-order valence-corrected chi connectivity index (χ2v) is 6.68. The van der Waals surface area contributed by atoms with Crippen molar-refractivity contribution in [2.24, 2.45) is 0 Å². The molecule has 0 radical (unpaired) electrons. The maximum atomic E-state index is 12.6. The first kappa shape index (κ1) is 19.4. The van der Waals surface area contributed by atoms with E-state index in [0.717, 1.165) is 5.56 Å². The highest BCUT2D eigenvalue weighted by molar-refractivity contribution is 5.94. The molecule has 0 aromatic carbocycles. The van der Waals surface area contributed by atoms with Crippen LogP contribution in [0.3, 0.4) is 0 Å². The zero-order chi connectivity index (χ0) is 18.0. The maximum Gasteiger partial charge on any atom is 0.280 e. The van der Waals surface area contributed by atoms with Crippen LogP contribution in [0.5, 0.6) is 0 Å². The number of hydrogen-bond acceptors (Lipinski definition) is 4. The molecule has 3 aromatic rings. The van der Waals surface area contributed by atoms with Gasteiger partial charge in [0.15, 0.2) is 5.82 Å². The zero-order valence-corrected chi connectivity index (χ0v) is 15.5. The van der Waals surface area contributed by atoms with Crippen molar-refractivity contribution in [3.8, 4) is 16.9 Å². The number of H-pyrrole nitrogens is 1. The average molecular weight is 374 g/mol. The van der Waals surface area contributed by atoms with Crippen LogP contribution in [0.25, 0.3) is 16.9 Å². The minimum atomic E-state index is -0.329. The molecule has 0 aliphatic heterocycles. The van der Waals surface area contributed by atoms with Crippen LogP contribution in [0.4, 0.5) is 0 Å². The number of pyridine rings is 2. The number of aromatic amines is 1. The number of carbonyl (C=O) groups is 1. The Balaban J connectivity index is 0.00000243. The first-order valence-corrected chi connectivity index (χ1v) is 7.85.